The fraction of sp³-hybridized carbons (Fsp3) is 0.353. The van der Waals surface area contributed by atoms with Crippen LogP contribution in [-0.2, 0) is 16.1 Å². The lowest BCUT2D eigenvalue weighted by atomic mass is 9.96. The molecule has 1 aliphatic heterocycles. The fourth-order valence-electron chi connectivity index (χ4n) is 3.23. The molecule has 1 aliphatic rings. The van der Waals surface area contributed by atoms with Crippen molar-refractivity contribution in [3.05, 3.63) is 46.8 Å². The van der Waals surface area contributed by atoms with Crippen LogP contribution in [-0.4, -0.2) is 45.7 Å². The molecule has 2 heterocycles. The summed E-state index contributed by atoms with van der Waals surface area (Å²) in [5.41, 5.74) is 0.253. The van der Waals surface area contributed by atoms with Crippen molar-refractivity contribution in [3.8, 4) is 0 Å². The molecule has 0 unspecified atom stereocenters. The molecule has 1 aromatic carbocycles. The van der Waals surface area contributed by atoms with Crippen molar-refractivity contribution < 1.29 is 27.9 Å². The van der Waals surface area contributed by atoms with Crippen LogP contribution < -0.4 is 5.43 Å². The number of para-hydroxylation sites is 1. The predicted octanol–water partition coefficient (Wildman–Crippen LogP) is 1.72. The molecule has 1 aromatic heterocycles. The summed E-state index contributed by atoms with van der Waals surface area (Å²) in [4.78, 5) is 36.3. The molecular weight excluding hydrogens is 353 g/mol. The molecule has 2 atom stereocenters. The van der Waals surface area contributed by atoms with Gasteiger partial charge < -0.3 is 14.6 Å². The number of aliphatic carboxylic acids is 1. The quantitative estimate of drug-likeness (QED) is 0.895. The average Bonchev–Trinajstić information content (AvgIpc) is 3.04. The number of benzene rings is 1. The Kier molecular flexibility index (Phi) is 4.47. The molecule has 0 bridgehead atoms. The largest absolute Gasteiger partial charge is 0.481 e. The molecule has 1 fully saturated rings. The van der Waals surface area contributed by atoms with E-state index in [0.29, 0.717) is 10.9 Å². The maximum Gasteiger partial charge on any atom is 0.394 e. The number of likely N-dealkylation sites (tertiary alicyclic amines) is 1. The number of rotatable bonds is 3. The van der Waals surface area contributed by atoms with Gasteiger partial charge in [0, 0.05) is 30.7 Å². The predicted molar refractivity (Wildman–Crippen MR) is 85.5 cm³/mol. The van der Waals surface area contributed by atoms with Crippen LogP contribution in [0.3, 0.4) is 0 Å². The lowest BCUT2D eigenvalue weighted by molar-refractivity contribution is -0.188. The zero-order chi connectivity index (χ0) is 19.1. The third-order valence-electron chi connectivity index (χ3n) is 4.60. The molecule has 9 heteroatoms. The second kappa shape index (κ2) is 6.47. The Morgan fingerprint density at radius 3 is 2.46 bits per heavy atom. The number of carbonyl (C=O) groups excluding carboxylic acids is 1. The minimum absolute atomic E-state index is 0.228. The van der Waals surface area contributed by atoms with Crippen LogP contribution in [0, 0.1) is 11.8 Å². The maximum absolute atomic E-state index is 13.0. The number of carboxylic acids is 1. The Morgan fingerprint density at radius 1 is 1.15 bits per heavy atom. The first-order chi connectivity index (χ1) is 12.2. The van der Waals surface area contributed by atoms with Gasteiger partial charge in [0.15, 0.2) is 5.43 Å². The normalized spacial score (nSPS) is 20.5. The number of carboxylic acid groups (broad SMARTS) is 1. The number of fused-ring (bicyclic) bond motifs is 1. The number of carbonyl (C=O) groups is 2. The number of halogens is 3. The first kappa shape index (κ1) is 18.0. The number of nitrogens with zero attached hydrogens (tertiary/aromatic N) is 2. The van der Waals surface area contributed by atoms with Crippen molar-refractivity contribution in [2.45, 2.75) is 12.7 Å². The van der Waals surface area contributed by atoms with Crippen molar-refractivity contribution in [2.24, 2.45) is 11.8 Å². The Bertz CT molecular complexity index is 922. The van der Waals surface area contributed by atoms with Crippen LogP contribution in [0.5, 0.6) is 0 Å². The Labute approximate surface area is 145 Å². The summed E-state index contributed by atoms with van der Waals surface area (Å²) < 4.78 is 40.6. The van der Waals surface area contributed by atoms with E-state index >= 15 is 0 Å². The summed E-state index contributed by atoms with van der Waals surface area (Å²) in [7, 11) is 0. The van der Waals surface area contributed by atoms with Gasteiger partial charge in [0.25, 0.3) is 0 Å². The van der Waals surface area contributed by atoms with E-state index in [2.05, 4.69) is 0 Å². The molecule has 0 aliphatic carbocycles. The van der Waals surface area contributed by atoms with Gasteiger partial charge in [0.05, 0.1) is 17.4 Å². The Morgan fingerprint density at radius 2 is 1.85 bits per heavy atom. The topological polar surface area (TPSA) is 79.6 Å². The molecule has 0 radical (unpaired) electrons. The molecule has 1 N–H and O–H groups in total. The van der Waals surface area contributed by atoms with Crippen LogP contribution in [0.25, 0.3) is 10.9 Å². The molecule has 1 amide bonds. The Hall–Kier alpha value is -2.84. The average molecular weight is 368 g/mol. The standard InChI is InChI=1S/C17H15F3N2O4/c18-17(19,20)12-8-22(7-11(12)16(25)26)15(24)9-21-6-5-14(23)10-3-1-2-4-13(10)21/h1-6,11-12H,7-9H2,(H,25,26)/t11-,12-/m1/s1. The zero-order valence-electron chi connectivity index (χ0n) is 13.4. The van der Waals surface area contributed by atoms with E-state index in [-0.39, 0.29) is 12.0 Å². The van der Waals surface area contributed by atoms with Crippen molar-refractivity contribution >= 4 is 22.8 Å². The second-order valence-corrected chi connectivity index (χ2v) is 6.22. The fourth-order valence-corrected chi connectivity index (χ4v) is 3.23. The van der Waals surface area contributed by atoms with Gasteiger partial charge in [-0.05, 0) is 12.1 Å². The number of hydrogen-bond donors (Lipinski definition) is 1. The zero-order valence-corrected chi connectivity index (χ0v) is 13.4. The number of aromatic nitrogens is 1. The van der Waals surface area contributed by atoms with Crippen LogP contribution in [0.2, 0.25) is 0 Å². The van der Waals surface area contributed by atoms with E-state index in [9.17, 15) is 27.6 Å². The van der Waals surface area contributed by atoms with Gasteiger partial charge in [-0.15, -0.1) is 0 Å². The summed E-state index contributed by atoms with van der Waals surface area (Å²) in [5.74, 6) is -5.97. The van der Waals surface area contributed by atoms with E-state index in [0.717, 1.165) is 4.90 Å². The van der Waals surface area contributed by atoms with Gasteiger partial charge in [-0.25, -0.2) is 0 Å². The van der Waals surface area contributed by atoms with Gasteiger partial charge in [-0.3, -0.25) is 14.4 Å². The van der Waals surface area contributed by atoms with Crippen LogP contribution in [0.15, 0.2) is 41.3 Å². The number of hydrogen-bond acceptors (Lipinski definition) is 3. The highest BCUT2D eigenvalue weighted by Gasteiger charge is 2.53. The second-order valence-electron chi connectivity index (χ2n) is 6.22. The monoisotopic (exact) mass is 368 g/mol. The Balaban J connectivity index is 1.84. The molecule has 6 nitrogen and oxygen atoms in total. The van der Waals surface area contributed by atoms with E-state index in [4.69, 9.17) is 5.11 Å². The van der Waals surface area contributed by atoms with Crippen molar-refractivity contribution in [1.29, 1.82) is 0 Å². The summed E-state index contributed by atoms with van der Waals surface area (Å²) in [6, 6.07) is 7.85. The van der Waals surface area contributed by atoms with Crippen molar-refractivity contribution in [1.82, 2.24) is 9.47 Å². The molecule has 0 saturated carbocycles. The van der Waals surface area contributed by atoms with Gasteiger partial charge in [0.2, 0.25) is 5.91 Å². The molecule has 26 heavy (non-hydrogen) atoms. The summed E-state index contributed by atoms with van der Waals surface area (Å²) >= 11 is 0. The number of alkyl halides is 3. The van der Waals surface area contributed by atoms with Crippen LogP contribution in [0.1, 0.15) is 0 Å². The first-order valence-electron chi connectivity index (χ1n) is 7.84. The van der Waals surface area contributed by atoms with Gasteiger partial charge >= 0.3 is 12.1 Å². The minimum atomic E-state index is -4.69. The highest BCUT2D eigenvalue weighted by Crippen LogP contribution is 2.37. The third-order valence-corrected chi connectivity index (χ3v) is 4.60. The smallest absolute Gasteiger partial charge is 0.394 e. The summed E-state index contributed by atoms with van der Waals surface area (Å²) in [6.45, 7) is -1.45. The molecule has 0 spiro atoms. The SMILES string of the molecule is O=C(O)[C@@H]1CN(C(=O)Cn2ccc(=O)c3ccccc32)C[C@H]1C(F)(F)F. The first-order valence-corrected chi connectivity index (χ1v) is 7.84. The summed E-state index contributed by atoms with van der Waals surface area (Å²) in [5, 5.41) is 9.42. The van der Waals surface area contributed by atoms with Crippen molar-refractivity contribution in [2.75, 3.05) is 13.1 Å². The van der Waals surface area contributed by atoms with Crippen molar-refractivity contribution in [3.63, 3.8) is 0 Å². The minimum Gasteiger partial charge on any atom is -0.481 e. The molecule has 3 rings (SSSR count). The third kappa shape index (κ3) is 3.29. The lowest BCUT2D eigenvalue weighted by Crippen LogP contribution is -2.34. The van der Waals surface area contributed by atoms with E-state index in [1.165, 1.54) is 16.8 Å². The number of amides is 1. The number of pyridine rings is 1. The van der Waals surface area contributed by atoms with Crippen LogP contribution >= 0.6 is 0 Å². The molecular formula is C17H15F3N2O4. The van der Waals surface area contributed by atoms with E-state index < -0.39 is 43.0 Å². The van der Waals surface area contributed by atoms with Crippen LogP contribution in [0.4, 0.5) is 13.2 Å². The summed E-state index contributed by atoms with van der Waals surface area (Å²) in [6.07, 6.45) is -3.29. The molecule has 138 valence electrons. The highest BCUT2D eigenvalue weighted by atomic mass is 19.4. The lowest BCUT2D eigenvalue weighted by Gasteiger charge is -2.19. The van der Waals surface area contributed by atoms with Gasteiger partial charge in [0.1, 0.15) is 6.54 Å². The maximum atomic E-state index is 13.0. The van der Waals surface area contributed by atoms with E-state index in [1.807, 2.05) is 0 Å². The van der Waals surface area contributed by atoms with Gasteiger partial charge in [-0.2, -0.15) is 13.2 Å². The molecule has 2 aromatic rings. The highest BCUT2D eigenvalue weighted by molar-refractivity contribution is 5.83. The van der Waals surface area contributed by atoms with E-state index in [1.54, 1.807) is 24.3 Å². The molecule has 1 saturated heterocycles. The van der Waals surface area contributed by atoms with Gasteiger partial charge in [-0.1, -0.05) is 12.1 Å².